The van der Waals surface area contributed by atoms with Gasteiger partial charge in [0.25, 0.3) is 5.91 Å². The van der Waals surface area contributed by atoms with Crippen molar-refractivity contribution < 1.29 is 28.9 Å². The van der Waals surface area contributed by atoms with Gasteiger partial charge in [0, 0.05) is 11.8 Å². The summed E-state index contributed by atoms with van der Waals surface area (Å²) >= 11 is 0. The van der Waals surface area contributed by atoms with Crippen molar-refractivity contribution in [2.75, 3.05) is 11.9 Å². The smallest absolute Gasteiger partial charge is 0.494 e. The Balaban J connectivity index is 1.88. The minimum absolute atomic E-state index is 0.0335. The highest BCUT2D eigenvalue weighted by Crippen LogP contribution is 2.20. The predicted octanol–water partition coefficient (Wildman–Crippen LogP) is 1.88. The van der Waals surface area contributed by atoms with E-state index in [1.807, 2.05) is 6.92 Å². The SMILES string of the molecule is CCOc1ccc(NC(=O)C[n+]2c(O)[n+](CC)c(O)c3ccccc32)cc1. The number of carbonyl (C=O) groups excluding carboxylic acids is 1. The van der Waals surface area contributed by atoms with Crippen molar-refractivity contribution >= 4 is 22.5 Å². The molecule has 7 heteroatoms. The Labute approximate surface area is 157 Å². The van der Waals surface area contributed by atoms with Gasteiger partial charge in [0.05, 0.1) is 6.61 Å². The van der Waals surface area contributed by atoms with Crippen LogP contribution in [0.15, 0.2) is 48.5 Å². The molecule has 0 fully saturated rings. The standard InChI is InChI=1S/C20H21N3O4/c1-3-22-19(25)16-7-5-6-8-17(16)23(20(22)26)13-18(24)21-14-9-11-15(12-10-14)27-4-2/h5-12H,3-4,13H2,1-2H3,(H,21,24)/p+2. The van der Waals surface area contributed by atoms with Crippen LogP contribution in [0.4, 0.5) is 5.69 Å². The van der Waals surface area contributed by atoms with Gasteiger partial charge in [0.2, 0.25) is 12.1 Å². The lowest BCUT2D eigenvalue weighted by Crippen LogP contribution is -2.50. The molecule has 0 bridgehead atoms. The number of amides is 1. The van der Waals surface area contributed by atoms with Crippen LogP contribution in [0.3, 0.4) is 0 Å². The Morgan fingerprint density at radius 3 is 2.41 bits per heavy atom. The molecule has 0 aliphatic rings. The van der Waals surface area contributed by atoms with Gasteiger partial charge in [-0.2, -0.15) is 0 Å². The quantitative estimate of drug-likeness (QED) is 0.579. The van der Waals surface area contributed by atoms with E-state index >= 15 is 0 Å². The molecule has 0 saturated heterocycles. The molecular formula is C20H23N3O4+2. The zero-order valence-corrected chi connectivity index (χ0v) is 15.3. The molecule has 0 atom stereocenters. The molecule has 0 saturated carbocycles. The van der Waals surface area contributed by atoms with Gasteiger partial charge in [0.15, 0.2) is 11.9 Å². The van der Waals surface area contributed by atoms with Crippen LogP contribution in [-0.2, 0) is 17.9 Å². The van der Waals surface area contributed by atoms with E-state index in [1.54, 1.807) is 55.5 Å². The van der Waals surface area contributed by atoms with Gasteiger partial charge in [-0.25, -0.2) is 0 Å². The van der Waals surface area contributed by atoms with E-state index in [0.29, 0.717) is 29.7 Å². The van der Waals surface area contributed by atoms with E-state index in [2.05, 4.69) is 5.32 Å². The van der Waals surface area contributed by atoms with E-state index in [4.69, 9.17) is 4.74 Å². The predicted molar refractivity (Wildman–Crippen MR) is 99.6 cm³/mol. The first-order chi connectivity index (χ1) is 13.0. The van der Waals surface area contributed by atoms with Crippen LogP contribution in [0.5, 0.6) is 17.6 Å². The minimum atomic E-state index is -0.294. The number of hydrogen-bond donors (Lipinski definition) is 3. The molecule has 0 unspecified atom stereocenters. The number of anilines is 1. The van der Waals surface area contributed by atoms with Crippen molar-refractivity contribution in [2.45, 2.75) is 26.9 Å². The van der Waals surface area contributed by atoms with Gasteiger partial charge in [-0.3, -0.25) is 4.79 Å². The molecule has 3 N–H and O–H groups in total. The molecule has 0 radical (unpaired) electrons. The van der Waals surface area contributed by atoms with Gasteiger partial charge in [-0.05, 0) is 44.2 Å². The van der Waals surface area contributed by atoms with Crippen LogP contribution in [-0.4, -0.2) is 22.7 Å². The Morgan fingerprint density at radius 2 is 1.74 bits per heavy atom. The number of fused-ring (bicyclic) bond motifs is 1. The molecule has 0 spiro atoms. The number of aromatic nitrogens is 2. The number of para-hydroxylation sites is 1. The molecule has 2 aromatic carbocycles. The molecule has 140 valence electrons. The number of nitrogens with one attached hydrogen (secondary N) is 1. The summed E-state index contributed by atoms with van der Waals surface area (Å²) < 4.78 is 8.21. The van der Waals surface area contributed by atoms with Crippen molar-refractivity contribution in [3.8, 4) is 17.6 Å². The lowest BCUT2D eigenvalue weighted by Gasteiger charge is -2.07. The normalized spacial score (nSPS) is 10.7. The number of aromatic hydroxyl groups is 2. The lowest BCUT2D eigenvalue weighted by atomic mass is 10.2. The Hall–Kier alpha value is -3.35. The largest absolute Gasteiger partial charge is 0.632 e. The van der Waals surface area contributed by atoms with Crippen molar-refractivity contribution in [3.05, 3.63) is 48.5 Å². The maximum Gasteiger partial charge on any atom is 0.632 e. The summed E-state index contributed by atoms with van der Waals surface area (Å²) in [5.41, 5.74) is 1.20. The third kappa shape index (κ3) is 3.76. The second-order valence-corrected chi connectivity index (χ2v) is 5.98. The second-order valence-electron chi connectivity index (χ2n) is 5.98. The van der Waals surface area contributed by atoms with Gasteiger partial charge < -0.3 is 20.3 Å². The monoisotopic (exact) mass is 369 g/mol. The van der Waals surface area contributed by atoms with Crippen LogP contribution >= 0.6 is 0 Å². The molecule has 7 nitrogen and oxygen atoms in total. The number of ether oxygens (including phenoxy) is 1. The fraction of sp³-hybridized carbons (Fsp3) is 0.250. The molecule has 3 aromatic rings. The van der Waals surface area contributed by atoms with E-state index in [1.165, 1.54) is 9.13 Å². The first kappa shape index (κ1) is 18.4. The van der Waals surface area contributed by atoms with Crippen molar-refractivity contribution in [1.82, 2.24) is 0 Å². The highest BCUT2D eigenvalue weighted by atomic mass is 16.5. The zero-order valence-electron chi connectivity index (χ0n) is 15.3. The molecule has 1 heterocycles. The van der Waals surface area contributed by atoms with Crippen LogP contribution in [0, 0.1) is 0 Å². The number of rotatable bonds is 6. The Bertz CT molecular complexity index is 971. The second kappa shape index (κ2) is 7.90. The molecule has 1 aromatic heterocycles. The topological polar surface area (TPSA) is 86.5 Å². The third-order valence-electron chi connectivity index (χ3n) is 4.24. The molecule has 0 aliphatic heterocycles. The van der Waals surface area contributed by atoms with Gasteiger partial charge in [-0.15, -0.1) is 0 Å². The Morgan fingerprint density at radius 1 is 1.04 bits per heavy atom. The molecule has 3 rings (SSSR count). The number of carbonyl (C=O) groups is 1. The summed E-state index contributed by atoms with van der Waals surface area (Å²) in [5, 5.41) is 24.3. The summed E-state index contributed by atoms with van der Waals surface area (Å²) in [5.74, 6) is 0.405. The van der Waals surface area contributed by atoms with Gasteiger partial charge in [0.1, 0.15) is 5.75 Å². The average molecular weight is 369 g/mol. The third-order valence-corrected chi connectivity index (χ3v) is 4.24. The number of benzene rings is 2. The van der Waals surface area contributed by atoms with Crippen LogP contribution < -0.4 is 19.2 Å². The lowest BCUT2D eigenvalue weighted by molar-refractivity contribution is -0.815. The highest BCUT2D eigenvalue weighted by Gasteiger charge is 2.33. The fourth-order valence-corrected chi connectivity index (χ4v) is 2.98. The zero-order chi connectivity index (χ0) is 19.4. The van der Waals surface area contributed by atoms with Crippen molar-refractivity contribution in [2.24, 2.45) is 0 Å². The van der Waals surface area contributed by atoms with Crippen LogP contribution in [0.1, 0.15) is 13.8 Å². The number of hydrogen-bond acceptors (Lipinski definition) is 4. The van der Waals surface area contributed by atoms with Gasteiger partial charge in [-0.1, -0.05) is 21.3 Å². The first-order valence-electron chi connectivity index (χ1n) is 8.84. The maximum absolute atomic E-state index is 12.5. The summed E-state index contributed by atoms with van der Waals surface area (Å²) in [6.45, 7) is 4.55. The first-order valence-corrected chi connectivity index (χ1v) is 8.84. The van der Waals surface area contributed by atoms with Crippen LogP contribution in [0.25, 0.3) is 10.9 Å². The van der Waals surface area contributed by atoms with Gasteiger partial charge >= 0.3 is 11.9 Å². The summed E-state index contributed by atoms with van der Waals surface area (Å²) in [7, 11) is 0. The summed E-state index contributed by atoms with van der Waals surface area (Å²) in [6, 6.07) is 14.0. The summed E-state index contributed by atoms with van der Waals surface area (Å²) in [4.78, 5) is 12.5. The summed E-state index contributed by atoms with van der Waals surface area (Å²) in [6.07, 6.45) is 0. The number of nitrogens with zero attached hydrogens (tertiary/aromatic N) is 2. The van der Waals surface area contributed by atoms with E-state index in [9.17, 15) is 15.0 Å². The maximum atomic E-state index is 12.5. The minimum Gasteiger partial charge on any atom is -0.494 e. The molecule has 1 amide bonds. The van der Waals surface area contributed by atoms with E-state index in [-0.39, 0.29) is 24.3 Å². The van der Waals surface area contributed by atoms with Crippen molar-refractivity contribution in [1.29, 1.82) is 0 Å². The molecule has 27 heavy (non-hydrogen) atoms. The molecular weight excluding hydrogens is 346 g/mol. The van der Waals surface area contributed by atoms with E-state index in [0.717, 1.165) is 5.75 Å². The van der Waals surface area contributed by atoms with E-state index < -0.39 is 0 Å². The average Bonchev–Trinajstić information content (AvgIpc) is 2.67. The fourth-order valence-electron chi connectivity index (χ4n) is 2.98. The Kier molecular flexibility index (Phi) is 5.40. The van der Waals surface area contributed by atoms with Crippen molar-refractivity contribution in [3.63, 3.8) is 0 Å². The van der Waals surface area contributed by atoms with Crippen LogP contribution in [0.2, 0.25) is 0 Å². The molecule has 0 aliphatic carbocycles. The highest BCUT2D eigenvalue weighted by molar-refractivity contribution is 5.90.